The molecule has 0 aliphatic carbocycles. The second-order valence-electron chi connectivity index (χ2n) is 4.84. The van der Waals surface area contributed by atoms with Crippen LogP contribution in [-0.4, -0.2) is 16.7 Å². The van der Waals surface area contributed by atoms with Crippen molar-refractivity contribution in [1.29, 1.82) is 0 Å². The van der Waals surface area contributed by atoms with Gasteiger partial charge in [-0.2, -0.15) is 5.10 Å². The third-order valence-electron chi connectivity index (χ3n) is 3.29. The topological polar surface area (TPSA) is 40.7 Å². The van der Waals surface area contributed by atoms with Gasteiger partial charge in [0.15, 0.2) is 0 Å². The number of hydrogen-bond donors (Lipinski definition) is 2. The SMILES string of the molecule is Cc1[nH]ncc1CCCNCc1ccc(C(F)F)cc1. The Labute approximate surface area is 117 Å². The minimum Gasteiger partial charge on any atom is -0.313 e. The summed E-state index contributed by atoms with van der Waals surface area (Å²) in [6.45, 7) is 3.61. The summed E-state index contributed by atoms with van der Waals surface area (Å²) in [7, 11) is 0. The predicted octanol–water partition coefficient (Wildman–Crippen LogP) is 3.38. The number of aryl methyl sites for hydroxylation is 2. The van der Waals surface area contributed by atoms with Gasteiger partial charge >= 0.3 is 0 Å². The van der Waals surface area contributed by atoms with E-state index in [0.29, 0.717) is 6.54 Å². The van der Waals surface area contributed by atoms with Gasteiger partial charge < -0.3 is 5.32 Å². The van der Waals surface area contributed by atoms with E-state index in [-0.39, 0.29) is 5.56 Å². The van der Waals surface area contributed by atoms with Crippen LogP contribution in [0.1, 0.15) is 35.2 Å². The fraction of sp³-hybridized carbons (Fsp3) is 0.400. The number of H-pyrrole nitrogens is 1. The summed E-state index contributed by atoms with van der Waals surface area (Å²) < 4.78 is 24.8. The molecular weight excluding hydrogens is 260 g/mol. The van der Waals surface area contributed by atoms with E-state index >= 15 is 0 Å². The maximum absolute atomic E-state index is 12.4. The largest absolute Gasteiger partial charge is 0.313 e. The standard InChI is InChI=1S/C15H19F2N3/c1-11-14(10-19-20-11)3-2-8-18-9-12-4-6-13(7-5-12)15(16)17/h4-7,10,15,18H,2-3,8-9H2,1H3,(H,19,20). The Bertz CT molecular complexity index is 520. The predicted molar refractivity (Wildman–Crippen MR) is 74.8 cm³/mol. The van der Waals surface area contributed by atoms with E-state index in [1.807, 2.05) is 13.1 Å². The van der Waals surface area contributed by atoms with Gasteiger partial charge in [0.25, 0.3) is 6.43 Å². The quantitative estimate of drug-likeness (QED) is 0.763. The second kappa shape index (κ2) is 7.14. The lowest BCUT2D eigenvalue weighted by molar-refractivity contribution is 0.151. The first-order valence-electron chi connectivity index (χ1n) is 6.73. The Kier molecular flexibility index (Phi) is 5.24. The van der Waals surface area contributed by atoms with Gasteiger partial charge in [0.1, 0.15) is 0 Å². The molecule has 0 saturated carbocycles. The van der Waals surface area contributed by atoms with E-state index in [0.717, 1.165) is 30.6 Å². The van der Waals surface area contributed by atoms with E-state index in [9.17, 15) is 8.78 Å². The summed E-state index contributed by atoms with van der Waals surface area (Å²) >= 11 is 0. The van der Waals surface area contributed by atoms with Crippen LogP contribution in [-0.2, 0) is 13.0 Å². The van der Waals surface area contributed by atoms with E-state index in [4.69, 9.17) is 0 Å². The van der Waals surface area contributed by atoms with Gasteiger partial charge in [-0.1, -0.05) is 24.3 Å². The number of hydrogen-bond acceptors (Lipinski definition) is 2. The number of halogens is 2. The van der Waals surface area contributed by atoms with Crippen molar-refractivity contribution in [3.63, 3.8) is 0 Å². The monoisotopic (exact) mass is 279 g/mol. The van der Waals surface area contributed by atoms with Gasteiger partial charge in [0.2, 0.25) is 0 Å². The van der Waals surface area contributed by atoms with Gasteiger partial charge in [-0.3, -0.25) is 5.10 Å². The maximum Gasteiger partial charge on any atom is 0.263 e. The Morgan fingerprint density at radius 2 is 2.00 bits per heavy atom. The molecule has 0 bridgehead atoms. The van der Waals surface area contributed by atoms with Crippen LogP contribution in [0, 0.1) is 6.92 Å². The molecule has 0 saturated heterocycles. The van der Waals surface area contributed by atoms with Crippen molar-refractivity contribution in [2.45, 2.75) is 32.7 Å². The first kappa shape index (κ1) is 14.7. The number of benzene rings is 1. The van der Waals surface area contributed by atoms with Crippen molar-refractivity contribution in [2.24, 2.45) is 0 Å². The highest BCUT2D eigenvalue weighted by Crippen LogP contribution is 2.18. The van der Waals surface area contributed by atoms with Gasteiger partial charge in [-0.05, 0) is 37.4 Å². The minimum absolute atomic E-state index is 0.0733. The fourth-order valence-electron chi connectivity index (χ4n) is 2.05. The lowest BCUT2D eigenvalue weighted by Gasteiger charge is -2.06. The van der Waals surface area contributed by atoms with Crippen LogP contribution in [0.15, 0.2) is 30.5 Å². The zero-order valence-electron chi connectivity index (χ0n) is 11.5. The molecule has 0 atom stereocenters. The normalized spacial score (nSPS) is 11.2. The van der Waals surface area contributed by atoms with Crippen molar-refractivity contribution in [3.05, 3.63) is 52.8 Å². The molecule has 0 radical (unpaired) electrons. The molecule has 5 heteroatoms. The van der Waals surface area contributed by atoms with E-state index in [2.05, 4.69) is 15.5 Å². The smallest absolute Gasteiger partial charge is 0.263 e. The highest BCUT2D eigenvalue weighted by molar-refractivity contribution is 5.23. The molecule has 0 aliphatic heterocycles. The average Bonchev–Trinajstić information content (AvgIpc) is 2.84. The molecule has 20 heavy (non-hydrogen) atoms. The van der Waals surface area contributed by atoms with E-state index in [1.165, 1.54) is 17.7 Å². The second-order valence-corrected chi connectivity index (χ2v) is 4.84. The van der Waals surface area contributed by atoms with Crippen LogP contribution in [0.4, 0.5) is 8.78 Å². The molecule has 2 aromatic rings. The summed E-state index contributed by atoms with van der Waals surface area (Å²) in [5, 5.41) is 10.2. The summed E-state index contributed by atoms with van der Waals surface area (Å²) in [5.41, 5.74) is 3.46. The Morgan fingerprint density at radius 1 is 1.25 bits per heavy atom. The third kappa shape index (κ3) is 4.13. The van der Waals surface area contributed by atoms with Crippen LogP contribution in [0.2, 0.25) is 0 Å². The molecule has 0 amide bonds. The van der Waals surface area contributed by atoms with Gasteiger partial charge in [-0.25, -0.2) is 8.78 Å². The summed E-state index contributed by atoms with van der Waals surface area (Å²) in [6, 6.07) is 6.45. The highest BCUT2D eigenvalue weighted by Gasteiger charge is 2.05. The van der Waals surface area contributed by atoms with Crippen LogP contribution in [0.3, 0.4) is 0 Å². The van der Waals surface area contributed by atoms with E-state index in [1.54, 1.807) is 12.1 Å². The molecule has 2 rings (SSSR count). The van der Waals surface area contributed by atoms with Gasteiger partial charge in [0.05, 0.1) is 6.20 Å². The molecular formula is C15H19F2N3. The summed E-state index contributed by atoms with van der Waals surface area (Å²) in [4.78, 5) is 0. The first-order valence-corrected chi connectivity index (χ1v) is 6.73. The third-order valence-corrected chi connectivity index (χ3v) is 3.29. The van der Waals surface area contributed by atoms with Gasteiger partial charge in [-0.15, -0.1) is 0 Å². The molecule has 1 aromatic heterocycles. The summed E-state index contributed by atoms with van der Waals surface area (Å²) in [5.74, 6) is 0. The molecule has 108 valence electrons. The van der Waals surface area contributed by atoms with Crippen LogP contribution < -0.4 is 5.32 Å². The van der Waals surface area contributed by atoms with Crippen LogP contribution in [0.5, 0.6) is 0 Å². The summed E-state index contributed by atoms with van der Waals surface area (Å²) in [6.07, 6.45) is 1.48. The van der Waals surface area contributed by atoms with Crippen molar-refractivity contribution in [1.82, 2.24) is 15.5 Å². The molecule has 1 aromatic carbocycles. The molecule has 3 nitrogen and oxygen atoms in total. The Morgan fingerprint density at radius 3 is 2.60 bits per heavy atom. The number of aromatic nitrogens is 2. The lowest BCUT2D eigenvalue weighted by Crippen LogP contribution is -2.15. The molecule has 2 N–H and O–H groups in total. The Balaban J connectivity index is 1.67. The Hall–Kier alpha value is -1.75. The fourth-order valence-corrected chi connectivity index (χ4v) is 2.05. The maximum atomic E-state index is 12.4. The molecule has 0 aliphatic rings. The van der Waals surface area contributed by atoms with Crippen LogP contribution in [0.25, 0.3) is 0 Å². The number of rotatable bonds is 7. The molecule has 0 fully saturated rings. The van der Waals surface area contributed by atoms with Crippen molar-refractivity contribution < 1.29 is 8.78 Å². The highest BCUT2D eigenvalue weighted by atomic mass is 19.3. The number of nitrogens with one attached hydrogen (secondary N) is 2. The van der Waals surface area contributed by atoms with Crippen molar-refractivity contribution in [2.75, 3.05) is 6.54 Å². The van der Waals surface area contributed by atoms with Crippen molar-refractivity contribution >= 4 is 0 Å². The number of nitrogens with zero attached hydrogens (tertiary/aromatic N) is 1. The zero-order valence-corrected chi connectivity index (χ0v) is 11.5. The lowest BCUT2D eigenvalue weighted by atomic mass is 10.1. The molecule has 1 heterocycles. The first-order chi connectivity index (χ1) is 9.66. The number of aromatic amines is 1. The van der Waals surface area contributed by atoms with E-state index < -0.39 is 6.43 Å². The minimum atomic E-state index is -2.39. The molecule has 0 spiro atoms. The zero-order chi connectivity index (χ0) is 14.4. The molecule has 0 unspecified atom stereocenters. The number of alkyl halides is 2. The average molecular weight is 279 g/mol. The van der Waals surface area contributed by atoms with Gasteiger partial charge in [0, 0.05) is 17.8 Å². The van der Waals surface area contributed by atoms with Crippen molar-refractivity contribution in [3.8, 4) is 0 Å². The van der Waals surface area contributed by atoms with Crippen LogP contribution >= 0.6 is 0 Å².